The number of H-pyrrole nitrogens is 2. The maximum atomic E-state index is 4.74. The molecule has 12 heteroatoms. The van der Waals surface area contributed by atoms with Crippen molar-refractivity contribution in [3.63, 3.8) is 0 Å². The fourth-order valence-corrected chi connectivity index (χ4v) is 5.78. The Morgan fingerprint density at radius 3 is 1.10 bits per heavy atom. The van der Waals surface area contributed by atoms with Crippen LogP contribution in [0.2, 0.25) is 0 Å². The third kappa shape index (κ3) is 7.82. The number of hydrogen-bond acceptors (Lipinski definition) is 8. The molecule has 48 heavy (non-hydrogen) atoms. The van der Waals surface area contributed by atoms with Crippen molar-refractivity contribution < 1.29 is 0 Å². The van der Waals surface area contributed by atoms with Crippen LogP contribution in [0, 0.1) is 10.8 Å². The van der Waals surface area contributed by atoms with Crippen molar-refractivity contribution in [1.82, 2.24) is 39.9 Å². The molecule has 4 N–H and O–H groups in total. The van der Waals surface area contributed by atoms with Gasteiger partial charge in [-0.15, -0.1) is 0 Å². The number of nitrogens with zero attached hydrogens (tertiary/aromatic N) is 6. The molecule has 246 valence electrons. The van der Waals surface area contributed by atoms with Crippen LogP contribution >= 0.6 is 31.9 Å². The predicted molar refractivity (Wildman–Crippen MR) is 198 cm³/mol. The zero-order chi connectivity index (χ0) is 34.1. The minimum absolute atomic E-state index is 0.118. The second kappa shape index (κ2) is 13.6. The van der Waals surface area contributed by atoms with Crippen LogP contribution in [0.15, 0.2) is 94.7 Å². The molecule has 0 radical (unpaired) electrons. The number of rotatable bonds is 9. The average molecular weight is 771 g/mol. The van der Waals surface area contributed by atoms with Crippen LogP contribution in [0.3, 0.4) is 0 Å². The lowest BCUT2D eigenvalue weighted by Gasteiger charge is -2.29. The third-order valence-corrected chi connectivity index (χ3v) is 8.80. The first-order valence-corrected chi connectivity index (χ1v) is 17.2. The molecule has 0 saturated carbocycles. The molecule has 0 aliphatic carbocycles. The highest BCUT2D eigenvalue weighted by molar-refractivity contribution is 9.10. The molecule has 0 saturated heterocycles. The van der Waals surface area contributed by atoms with Crippen molar-refractivity contribution >= 4 is 43.8 Å². The second-order valence-electron chi connectivity index (χ2n) is 13.9. The normalized spacial score (nSPS) is 13.2. The first kappa shape index (κ1) is 33.5. The number of nitrogens with one attached hydrogen (secondary N) is 4. The third-order valence-electron chi connectivity index (χ3n) is 7.98. The summed E-state index contributed by atoms with van der Waals surface area (Å²) < 4.78 is 1.66. The molecule has 10 nitrogen and oxygen atoms in total. The minimum atomic E-state index is -0.139. The topological polar surface area (TPSA) is 133 Å². The molecule has 6 aromatic rings. The Bertz CT molecular complexity index is 1810. The molecule has 0 bridgehead atoms. The van der Waals surface area contributed by atoms with Gasteiger partial charge in [-0.1, -0.05) is 90.1 Å². The fourth-order valence-electron chi connectivity index (χ4n) is 5.37. The lowest BCUT2D eigenvalue weighted by atomic mass is 9.86. The van der Waals surface area contributed by atoms with Gasteiger partial charge in [0.05, 0.1) is 44.8 Å². The van der Waals surface area contributed by atoms with E-state index in [2.05, 4.69) is 162 Å². The number of imidazole rings is 2. The van der Waals surface area contributed by atoms with Crippen LogP contribution in [0.1, 0.15) is 65.3 Å². The van der Waals surface area contributed by atoms with E-state index in [-0.39, 0.29) is 22.9 Å². The first-order chi connectivity index (χ1) is 22.8. The number of anilines is 2. The Morgan fingerprint density at radius 2 is 0.792 bits per heavy atom. The lowest BCUT2D eigenvalue weighted by molar-refractivity contribution is 0.336. The highest BCUT2D eigenvalue weighted by Crippen LogP contribution is 2.36. The van der Waals surface area contributed by atoms with Crippen molar-refractivity contribution in [1.29, 1.82) is 0 Å². The Kier molecular flexibility index (Phi) is 9.48. The summed E-state index contributed by atoms with van der Waals surface area (Å²) in [4.78, 5) is 34.1. The smallest absolute Gasteiger partial charge is 0.223 e. The summed E-state index contributed by atoms with van der Waals surface area (Å²) in [5, 5.41) is 6.89. The summed E-state index contributed by atoms with van der Waals surface area (Å²) in [5.74, 6) is 2.77. The first-order valence-electron chi connectivity index (χ1n) is 15.6. The van der Waals surface area contributed by atoms with E-state index in [1.54, 1.807) is 24.8 Å². The number of aromatic nitrogens is 8. The minimum Gasteiger partial charge on any atom is -0.344 e. The Hall–Kier alpha value is -4.42. The zero-order valence-corrected chi connectivity index (χ0v) is 30.8. The van der Waals surface area contributed by atoms with E-state index in [0.717, 1.165) is 54.2 Å². The van der Waals surface area contributed by atoms with Crippen molar-refractivity contribution in [2.24, 2.45) is 10.8 Å². The summed E-state index contributed by atoms with van der Waals surface area (Å²) in [7, 11) is 0. The molecule has 2 atom stereocenters. The summed E-state index contributed by atoms with van der Waals surface area (Å²) in [6.07, 6.45) is 10.7. The van der Waals surface area contributed by atoms with Crippen LogP contribution in [0.25, 0.3) is 33.6 Å². The largest absolute Gasteiger partial charge is 0.344 e. The van der Waals surface area contributed by atoms with E-state index in [9.17, 15) is 0 Å². The van der Waals surface area contributed by atoms with Crippen LogP contribution in [0.4, 0.5) is 11.9 Å². The quantitative estimate of drug-likeness (QED) is 0.114. The van der Waals surface area contributed by atoms with Gasteiger partial charge in [0.2, 0.25) is 11.9 Å². The van der Waals surface area contributed by atoms with Gasteiger partial charge in [-0.25, -0.2) is 29.9 Å². The lowest BCUT2D eigenvalue weighted by Crippen LogP contribution is -2.27. The van der Waals surface area contributed by atoms with Gasteiger partial charge < -0.3 is 20.6 Å². The van der Waals surface area contributed by atoms with E-state index < -0.39 is 0 Å². The molecule has 0 aliphatic heterocycles. The number of benzene rings is 2. The number of hydrogen-bond donors (Lipinski definition) is 4. The summed E-state index contributed by atoms with van der Waals surface area (Å²) in [6, 6.07) is 16.8. The van der Waals surface area contributed by atoms with Crippen LogP contribution in [-0.2, 0) is 0 Å². The van der Waals surface area contributed by atoms with E-state index in [1.165, 1.54) is 0 Å². The predicted octanol–water partition coefficient (Wildman–Crippen LogP) is 9.64. The molecule has 0 fully saturated rings. The number of halogens is 2. The zero-order valence-electron chi connectivity index (χ0n) is 27.7. The Balaban J connectivity index is 1.16. The molecule has 6 rings (SSSR count). The van der Waals surface area contributed by atoms with Gasteiger partial charge in [0.15, 0.2) is 0 Å². The van der Waals surface area contributed by atoms with Gasteiger partial charge in [-0.3, -0.25) is 0 Å². The molecule has 0 aliphatic rings. The second-order valence-corrected chi connectivity index (χ2v) is 15.7. The standard InChI is InChI=1S/C36H38Br2N10/c1-35(2,3)29(47-33-41-15-25(37)16-42-33)31-39-19-27(45-31)23-11-7-21(8-12-23)22-9-13-24(14-10-22)28-20-40-32(46-28)30(36(4,5)6)48-34-43-17-26(38)18-44-34/h7-20,29-30H,1-6H3,(H,39,45)(H,40,46)(H,41,42,47)(H,43,44,48)/t29-,30-/m1/s1. The highest BCUT2D eigenvalue weighted by atomic mass is 79.9. The molecule has 0 amide bonds. The van der Waals surface area contributed by atoms with Gasteiger partial charge >= 0.3 is 0 Å². The maximum Gasteiger partial charge on any atom is 0.223 e. The van der Waals surface area contributed by atoms with Gasteiger partial charge in [-0.2, -0.15) is 0 Å². The van der Waals surface area contributed by atoms with Crippen LogP contribution in [0.5, 0.6) is 0 Å². The maximum absolute atomic E-state index is 4.74. The van der Waals surface area contributed by atoms with Crippen molar-refractivity contribution in [2.75, 3.05) is 10.6 Å². The van der Waals surface area contributed by atoms with Gasteiger partial charge in [0.25, 0.3) is 0 Å². The average Bonchev–Trinajstić information content (AvgIpc) is 3.74. The molecule has 4 aromatic heterocycles. The summed E-state index contributed by atoms with van der Waals surface area (Å²) in [6.45, 7) is 13.0. The molecule has 0 spiro atoms. The fraction of sp³-hybridized carbons (Fsp3) is 0.278. The monoisotopic (exact) mass is 768 g/mol. The highest BCUT2D eigenvalue weighted by Gasteiger charge is 2.31. The van der Waals surface area contributed by atoms with E-state index in [1.807, 2.05) is 12.4 Å². The van der Waals surface area contributed by atoms with Gasteiger partial charge in [-0.05, 0) is 64.9 Å². The SMILES string of the molecule is CC(C)(C)[C@H](Nc1ncc(Br)cn1)c1ncc(-c2ccc(-c3ccc(-c4cnc([C@@H](Nc5ncc(Br)cn5)C(C)(C)C)[nH]4)cc3)cc2)[nH]1. The van der Waals surface area contributed by atoms with Gasteiger partial charge in [0.1, 0.15) is 11.6 Å². The number of aromatic amines is 2. The molecular formula is C36H38Br2N10. The van der Waals surface area contributed by atoms with E-state index in [0.29, 0.717) is 11.9 Å². The van der Waals surface area contributed by atoms with Crippen molar-refractivity contribution in [3.8, 4) is 33.6 Å². The Labute approximate surface area is 297 Å². The van der Waals surface area contributed by atoms with Crippen molar-refractivity contribution in [2.45, 2.75) is 53.6 Å². The summed E-state index contributed by atoms with van der Waals surface area (Å²) >= 11 is 6.79. The Morgan fingerprint density at radius 1 is 0.479 bits per heavy atom. The van der Waals surface area contributed by atoms with E-state index in [4.69, 9.17) is 9.97 Å². The molecule has 4 heterocycles. The summed E-state index contributed by atoms with van der Waals surface area (Å²) in [5.41, 5.74) is 5.99. The molecule has 2 aromatic carbocycles. The van der Waals surface area contributed by atoms with Crippen LogP contribution < -0.4 is 10.6 Å². The molecule has 0 unspecified atom stereocenters. The molecular weight excluding hydrogens is 732 g/mol. The van der Waals surface area contributed by atoms with Crippen molar-refractivity contribution in [3.05, 3.63) is 106 Å². The van der Waals surface area contributed by atoms with Crippen LogP contribution in [-0.4, -0.2) is 39.9 Å². The van der Waals surface area contributed by atoms with E-state index >= 15 is 0 Å². The van der Waals surface area contributed by atoms with Gasteiger partial charge in [0, 0.05) is 24.8 Å².